The summed E-state index contributed by atoms with van der Waals surface area (Å²) in [7, 11) is 0. The Hall–Kier alpha value is -2.24. The van der Waals surface area contributed by atoms with Crippen LogP contribution >= 0.6 is 24.0 Å². The minimum Gasteiger partial charge on any atom is -0.494 e. The van der Waals surface area contributed by atoms with Crippen LogP contribution in [0.4, 0.5) is 13.2 Å². The van der Waals surface area contributed by atoms with Crippen molar-refractivity contribution in [2.24, 2.45) is 4.99 Å². The average molecular weight is 538 g/mol. The number of alkyl halides is 3. The summed E-state index contributed by atoms with van der Waals surface area (Å²) in [6, 6.07) is 10.8. The second-order valence-electron chi connectivity index (χ2n) is 6.00. The summed E-state index contributed by atoms with van der Waals surface area (Å²) < 4.78 is 47.1. The highest BCUT2D eigenvalue weighted by Gasteiger charge is 2.28. The fourth-order valence-electron chi connectivity index (χ4n) is 2.42. The zero-order chi connectivity index (χ0) is 21.1. The number of nitrogens with one attached hydrogen (secondary N) is 2. The number of benzene rings is 1. The number of nitrogens with zero attached hydrogens (tertiary/aromatic N) is 2. The van der Waals surface area contributed by atoms with Gasteiger partial charge in [-0.2, -0.15) is 13.2 Å². The molecule has 0 bridgehead atoms. The summed E-state index contributed by atoms with van der Waals surface area (Å²) in [6.07, 6.45) is -3.01. The predicted octanol–water partition coefficient (Wildman–Crippen LogP) is 4.29. The van der Waals surface area contributed by atoms with Crippen LogP contribution in [0.5, 0.6) is 11.6 Å². The van der Waals surface area contributed by atoms with Gasteiger partial charge in [0.15, 0.2) is 12.6 Å². The normalized spacial score (nSPS) is 11.4. The second kappa shape index (κ2) is 13.1. The third-order valence-electron chi connectivity index (χ3n) is 3.67. The van der Waals surface area contributed by atoms with Crippen molar-refractivity contribution in [3.8, 4) is 11.6 Å². The number of guanidine groups is 1. The van der Waals surface area contributed by atoms with E-state index in [4.69, 9.17) is 4.74 Å². The van der Waals surface area contributed by atoms with Crippen molar-refractivity contribution >= 4 is 29.9 Å². The third-order valence-corrected chi connectivity index (χ3v) is 3.67. The van der Waals surface area contributed by atoms with E-state index in [0.717, 1.165) is 11.3 Å². The summed E-state index contributed by atoms with van der Waals surface area (Å²) in [4.78, 5) is 8.27. The first kappa shape index (κ1) is 25.8. The number of hydrogen-bond donors (Lipinski definition) is 2. The van der Waals surface area contributed by atoms with E-state index in [0.29, 0.717) is 31.2 Å². The molecule has 0 radical (unpaired) electrons. The van der Waals surface area contributed by atoms with Crippen LogP contribution in [0.15, 0.2) is 47.6 Å². The molecular weight excluding hydrogens is 512 g/mol. The Kier molecular flexibility index (Phi) is 11.3. The van der Waals surface area contributed by atoms with Gasteiger partial charge < -0.3 is 20.1 Å². The highest BCUT2D eigenvalue weighted by atomic mass is 127. The Morgan fingerprint density at radius 1 is 1.10 bits per heavy atom. The topological polar surface area (TPSA) is 67.8 Å². The van der Waals surface area contributed by atoms with Gasteiger partial charge in [0.1, 0.15) is 5.75 Å². The van der Waals surface area contributed by atoms with Crippen LogP contribution in [0, 0.1) is 0 Å². The Bertz CT molecular complexity index is 804. The molecule has 2 rings (SSSR count). The maximum Gasteiger partial charge on any atom is 0.422 e. The fourth-order valence-corrected chi connectivity index (χ4v) is 2.42. The largest absolute Gasteiger partial charge is 0.494 e. The smallest absolute Gasteiger partial charge is 0.422 e. The number of pyridine rings is 1. The number of para-hydroxylation sites is 1. The molecule has 2 aromatic rings. The SMILES string of the molecule is CCNC(=NCc1ccnc(OCC(F)(F)F)c1)NCc1ccccc1OCC.I. The highest BCUT2D eigenvalue weighted by molar-refractivity contribution is 14.0. The van der Waals surface area contributed by atoms with Crippen molar-refractivity contribution in [2.45, 2.75) is 33.1 Å². The molecule has 1 heterocycles. The first-order valence-electron chi connectivity index (χ1n) is 9.28. The summed E-state index contributed by atoms with van der Waals surface area (Å²) in [5.74, 6) is 1.30. The molecule has 1 aromatic heterocycles. The van der Waals surface area contributed by atoms with E-state index in [1.165, 1.54) is 12.3 Å². The summed E-state index contributed by atoms with van der Waals surface area (Å²) in [5, 5.41) is 6.37. The lowest BCUT2D eigenvalue weighted by atomic mass is 10.2. The van der Waals surface area contributed by atoms with Gasteiger partial charge >= 0.3 is 6.18 Å². The van der Waals surface area contributed by atoms with Crippen molar-refractivity contribution in [1.29, 1.82) is 0 Å². The molecule has 10 heteroatoms. The van der Waals surface area contributed by atoms with E-state index in [1.54, 1.807) is 6.07 Å². The van der Waals surface area contributed by atoms with Crippen molar-refractivity contribution < 1.29 is 22.6 Å². The Balaban J connectivity index is 0.00000450. The molecule has 0 spiro atoms. The van der Waals surface area contributed by atoms with Gasteiger partial charge in [0.05, 0.1) is 13.2 Å². The Morgan fingerprint density at radius 2 is 1.87 bits per heavy atom. The summed E-state index contributed by atoms with van der Waals surface area (Å²) in [5.41, 5.74) is 1.68. The van der Waals surface area contributed by atoms with E-state index < -0.39 is 12.8 Å². The van der Waals surface area contributed by atoms with Crippen LogP contribution in [0.1, 0.15) is 25.0 Å². The molecule has 0 atom stereocenters. The van der Waals surface area contributed by atoms with Crippen LogP contribution < -0.4 is 20.1 Å². The average Bonchev–Trinajstić information content (AvgIpc) is 2.69. The monoisotopic (exact) mass is 538 g/mol. The molecule has 6 nitrogen and oxygen atoms in total. The first-order chi connectivity index (χ1) is 13.9. The van der Waals surface area contributed by atoms with Crippen LogP contribution in [-0.2, 0) is 13.1 Å². The van der Waals surface area contributed by atoms with Gasteiger partial charge in [0, 0.05) is 30.9 Å². The van der Waals surface area contributed by atoms with E-state index in [-0.39, 0.29) is 36.4 Å². The van der Waals surface area contributed by atoms with Crippen molar-refractivity contribution in [3.05, 3.63) is 53.7 Å². The highest BCUT2D eigenvalue weighted by Crippen LogP contribution is 2.18. The Morgan fingerprint density at radius 3 is 2.57 bits per heavy atom. The molecule has 166 valence electrons. The number of hydrogen-bond acceptors (Lipinski definition) is 4. The number of ether oxygens (including phenoxy) is 2. The van der Waals surface area contributed by atoms with Crippen LogP contribution in [0.2, 0.25) is 0 Å². The number of aliphatic imine (C=N–C) groups is 1. The lowest BCUT2D eigenvalue weighted by Gasteiger charge is -2.14. The predicted molar refractivity (Wildman–Crippen MR) is 120 cm³/mol. The van der Waals surface area contributed by atoms with E-state index in [1.807, 2.05) is 38.1 Å². The third kappa shape index (κ3) is 9.51. The quantitative estimate of drug-likeness (QED) is 0.283. The molecule has 0 aliphatic carbocycles. The van der Waals surface area contributed by atoms with Crippen molar-refractivity contribution in [2.75, 3.05) is 19.8 Å². The zero-order valence-electron chi connectivity index (χ0n) is 16.8. The molecule has 0 saturated heterocycles. The Labute approximate surface area is 191 Å². The molecule has 0 amide bonds. The molecule has 30 heavy (non-hydrogen) atoms. The second-order valence-corrected chi connectivity index (χ2v) is 6.00. The summed E-state index contributed by atoms with van der Waals surface area (Å²) >= 11 is 0. The molecule has 0 aliphatic rings. The van der Waals surface area contributed by atoms with Gasteiger partial charge in [-0.25, -0.2) is 9.98 Å². The van der Waals surface area contributed by atoms with Gasteiger partial charge in [-0.1, -0.05) is 18.2 Å². The van der Waals surface area contributed by atoms with Gasteiger partial charge in [-0.05, 0) is 31.5 Å². The maximum absolute atomic E-state index is 12.3. The standard InChI is InChI=1S/C20H25F3N4O2.HI/c1-3-24-19(27-13-16-7-5-6-8-17(16)28-4-2)26-12-15-9-10-25-18(11-15)29-14-20(21,22)23;/h5-11H,3-4,12-14H2,1-2H3,(H2,24,26,27);1H. The maximum atomic E-state index is 12.3. The minimum absolute atomic E-state index is 0. The van der Waals surface area contributed by atoms with Crippen LogP contribution in [-0.4, -0.2) is 36.9 Å². The number of halogens is 4. The molecule has 2 N–H and O–H groups in total. The minimum atomic E-state index is -4.41. The summed E-state index contributed by atoms with van der Waals surface area (Å²) in [6.45, 7) is 4.50. The molecule has 0 aliphatic heterocycles. The molecule has 0 saturated carbocycles. The molecule has 1 aromatic carbocycles. The number of aromatic nitrogens is 1. The van der Waals surface area contributed by atoms with Crippen LogP contribution in [0.3, 0.4) is 0 Å². The van der Waals surface area contributed by atoms with Gasteiger partial charge in [-0.3, -0.25) is 0 Å². The van der Waals surface area contributed by atoms with Crippen LogP contribution in [0.25, 0.3) is 0 Å². The van der Waals surface area contributed by atoms with Crippen molar-refractivity contribution in [1.82, 2.24) is 15.6 Å². The lowest BCUT2D eigenvalue weighted by molar-refractivity contribution is -0.154. The van der Waals surface area contributed by atoms with E-state index in [2.05, 4.69) is 25.3 Å². The van der Waals surface area contributed by atoms with Gasteiger partial charge in [0.25, 0.3) is 0 Å². The number of rotatable bonds is 9. The van der Waals surface area contributed by atoms with Gasteiger partial charge in [0.2, 0.25) is 5.88 Å². The van der Waals surface area contributed by atoms with E-state index in [9.17, 15) is 13.2 Å². The fraction of sp³-hybridized carbons (Fsp3) is 0.400. The molecule has 0 unspecified atom stereocenters. The van der Waals surface area contributed by atoms with E-state index >= 15 is 0 Å². The van der Waals surface area contributed by atoms with Gasteiger partial charge in [-0.15, -0.1) is 24.0 Å². The molecule has 0 fully saturated rings. The molecular formula is C20H26F3IN4O2. The zero-order valence-corrected chi connectivity index (χ0v) is 19.2. The first-order valence-corrected chi connectivity index (χ1v) is 9.28. The lowest BCUT2D eigenvalue weighted by Crippen LogP contribution is -2.36. The van der Waals surface area contributed by atoms with Crippen molar-refractivity contribution in [3.63, 3.8) is 0 Å².